The average Bonchev–Trinajstić information content (AvgIpc) is 2.04. The van der Waals surface area contributed by atoms with Gasteiger partial charge in [0.05, 0.1) is 0 Å². The van der Waals surface area contributed by atoms with Crippen molar-refractivity contribution in [2.75, 3.05) is 0 Å². The fourth-order valence-corrected chi connectivity index (χ4v) is 4.24. The third kappa shape index (κ3) is 2.65. The van der Waals surface area contributed by atoms with E-state index in [-0.39, 0.29) is 18.2 Å². The normalized spacial score (nSPS) is 17.2. The van der Waals surface area contributed by atoms with Crippen LogP contribution in [0.5, 0.6) is 0 Å². The first-order valence-electron chi connectivity index (χ1n) is 4.14. The average molecular weight is 255 g/mol. The molecule has 0 aromatic heterocycles. The Morgan fingerprint density at radius 3 is 2.58 bits per heavy atom. The van der Waals surface area contributed by atoms with Gasteiger partial charge < -0.3 is 0 Å². The summed E-state index contributed by atoms with van der Waals surface area (Å²) in [7, 11) is 0. The molecule has 0 aliphatic heterocycles. The third-order valence-corrected chi connectivity index (χ3v) is 5.53. The van der Waals surface area contributed by atoms with Crippen LogP contribution in [0, 0.1) is 5.92 Å². The van der Waals surface area contributed by atoms with Crippen LogP contribution in [-0.4, -0.2) is 23.1 Å². The molecule has 0 unspecified atom stereocenters. The van der Waals surface area contributed by atoms with Crippen LogP contribution in [0.4, 0.5) is 0 Å². The number of halogens is 1. The highest BCUT2D eigenvalue weighted by molar-refractivity contribution is 9.23. The summed E-state index contributed by atoms with van der Waals surface area (Å²) in [5, 5.41) is 0. The summed E-state index contributed by atoms with van der Waals surface area (Å²) in [6, 6.07) is 0. The fraction of sp³-hybridized carbons (Fsp3) is 0.444. The van der Waals surface area contributed by atoms with E-state index >= 15 is 0 Å². The van der Waals surface area contributed by atoms with Crippen LogP contribution in [-0.2, 0) is 0 Å². The molecule has 0 atom stereocenters. The number of allylic oxidation sites excluding steroid dienone is 4. The number of hydrogen-bond donors (Lipinski definition) is 0. The maximum Gasteiger partial charge on any atom is 0.508 e. The summed E-state index contributed by atoms with van der Waals surface area (Å²) in [6.45, 7) is 4.44. The van der Waals surface area contributed by atoms with Crippen molar-refractivity contribution >= 4 is 48.2 Å². The van der Waals surface area contributed by atoms with Gasteiger partial charge in [0.2, 0.25) is 0 Å². The van der Waals surface area contributed by atoms with Gasteiger partial charge in [-0.1, -0.05) is 43.8 Å². The smallest absolute Gasteiger partial charge is 0.296 e. The minimum absolute atomic E-state index is 0.239. The molecule has 0 saturated heterocycles. The highest BCUT2D eigenvalue weighted by atomic mass is 79.9. The predicted octanol–water partition coefficient (Wildman–Crippen LogP) is 3.24. The molecule has 0 spiro atoms. The summed E-state index contributed by atoms with van der Waals surface area (Å²) < 4.78 is 1.40. The monoisotopic (exact) mass is 254 g/mol. The molecule has 0 amide bonds. The Balaban J connectivity index is 2.81. The van der Waals surface area contributed by atoms with Crippen LogP contribution in [0.1, 0.15) is 20.3 Å². The largest absolute Gasteiger partial charge is 0.508 e. The van der Waals surface area contributed by atoms with E-state index in [2.05, 4.69) is 38.9 Å². The van der Waals surface area contributed by atoms with Crippen LogP contribution < -0.4 is 0 Å². The summed E-state index contributed by atoms with van der Waals surface area (Å²) >= 11 is 8.64. The van der Waals surface area contributed by atoms with Crippen molar-refractivity contribution in [3.05, 3.63) is 21.4 Å². The highest BCUT2D eigenvalue weighted by Gasteiger charge is 2.13. The maximum atomic E-state index is 5.32. The van der Waals surface area contributed by atoms with Gasteiger partial charge >= 0.3 is 18.2 Å². The van der Waals surface area contributed by atoms with Gasteiger partial charge in [-0.25, -0.2) is 0 Å². The van der Waals surface area contributed by atoms with Crippen LogP contribution in [0.2, 0.25) is 0 Å². The van der Waals surface area contributed by atoms with Crippen LogP contribution in [0.3, 0.4) is 0 Å². The van der Waals surface area contributed by atoms with Crippen molar-refractivity contribution in [2.45, 2.75) is 20.3 Å². The SMILES string of the molecule is CC(C)C1=CC=[C]([Mg][Br])C(=S)C1. The molecule has 0 aromatic rings. The molecule has 1 aliphatic carbocycles. The van der Waals surface area contributed by atoms with Crippen molar-refractivity contribution in [1.82, 2.24) is 0 Å². The summed E-state index contributed by atoms with van der Waals surface area (Å²) in [6.07, 6.45) is 5.45. The second kappa shape index (κ2) is 4.89. The van der Waals surface area contributed by atoms with Gasteiger partial charge in [0.15, 0.2) is 0 Å². The van der Waals surface area contributed by atoms with Gasteiger partial charge in [0.1, 0.15) is 0 Å². The molecule has 62 valence electrons. The highest BCUT2D eigenvalue weighted by Crippen LogP contribution is 2.22. The predicted molar refractivity (Wildman–Crippen MR) is 62.9 cm³/mol. The Bertz CT molecular complexity index is 253. The lowest BCUT2D eigenvalue weighted by Crippen LogP contribution is -2.11. The van der Waals surface area contributed by atoms with Crippen LogP contribution in [0.15, 0.2) is 21.4 Å². The van der Waals surface area contributed by atoms with E-state index in [1.54, 1.807) is 0 Å². The topological polar surface area (TPSA) is 0 Å². The van der Waals surface area contributed by atoms with Crippen LogP contribution in [0.25, 0.3) is 0 Å². The number of thiocarbonyl (C=S) groups is 1. The van der Waals surface area contributed by atoms with Crippen molar-refractivity contribution in [3.63, 3.8) is 0 Å². The van der Waals surface area contributed by atoms with Crippen molar-refractivity contribution in [1.29, 1.82) is 0 Å². The molecule has 0 bridgehead atoms. The van der Waals surface area contributed by atoms with Gasteiger partial charge in [-0.2, -0.15) is 0 Å². The molecule has 12 heavy (non-hydrogen) atoms. The molecule has 0 N–H and O–H groups in total. The Kier molecular flexibility index (Phi) is 4.44. The van der Waals surface area contributed by atoms with Gasteiger partial charge in [-0.3, -0.25) is 12.9 Å². The van der Waals surface area contributed by atoms with Gasteiger partial charge in [-0.15, -0.1) is 3.70 Å². The maximum absolute atomic E-state index is 5.32. The van der Waals surface area contributed by atoms with Crippen LogP contribution >= 0.6 is 25.1 Å². The Morgan fingerprint density at radius 1 is 1.50 bits per heavy atom. The molecular weight excluding hydrogens is 244 g/mol. The lowest BCUT2D eigenvalue weighted by molar-refractivity contribution is 0.754. The first-order chi connectivity index (χ1) is 5.65. The number of hydrogen-bond acceptors (Lipinski definition) is 1. The minimum Gasteiger partial charge on any atom is -0.296 e. The standard InChI is InChI=1S/C9H11S.BrH.Mg/c1-7(2)8-4-3-5-9(10)6-8;;/h3-4,7H,6H2,1-2H3;1H;/q;;+1/p-1. The van der Waals surface area contributed by atoms with E-state index in [0.717, 1.165) is 11.3 Å². The quantitative estimate of drug-likeness (QED) is 0.539. The zero-order valence-corrected chi connectivity index (χ0v) is 11.2. The van der Waals surface area contributed by atoms with E-state index < -0.39 is 0 Å². The summed E-state index contributed by atoms with van der Waals surface area (Å²) in [5.74, 6) is 0.637. The van der Waals surface area contributed by atoms with E-state index in [1.165, 1.54) is 9.28 Å². The third-order valence-electron chi connectivity index (χ3n) is 2.11. The minimum atomic E-state index is -0.239. The van der Waals surface area contributed by atoms with E-state index in [1.807, 2.05) is 0 Å². The van der Waals surface area contributed by atoms with Gasteiger partial charge in [0, 0.05) is 6.42 Å². The summed E-state index contributed by atoms with van der Waals surface area (Å²) in [5.41, 5.74) is 1.47. The lowest BCUT2D eigenvalue weighted by Gasteiger charge is -2.17. The van der Waals surface area contributed by atoms with Gasteiger partial charge in [0.25, 0.3) is 0 Å². The molecule has 1 rings (SSSR count). The molecule has 1 aliphatic rings. The van der Waals surface area contributed by atoms with Crippen molar-refractivity contribution in [2.24, 2.45) is 5.92 Å². The zero-order valence-electron chi connectivity index (χ0n) is 7.43. The Labute approximate surface area is 95.1 Å². The zero-order chi connectivity index (χ0) is 9.14. The van der Waals surface area contributed by atoms with E-state index in [0.29, 0.717) is 5.92 Å². The van der Waals surface area contributed by atoms with E-state index in [9.17, 15) is 0 Å². The molecule has 3 heteroatoms. The van der Waals surface area contributed by atoms with E-state index in [4.69, 9.17) is 12.2 Å². The second-order valence-corrected chi connectivity index (χ2v) is 6.53. The molecule has 0 fully saturated rings. The van der Waals surface area contributed by atoms with Crippen molar-refractivity contribution in [3.8, 4) is 0 Å². The Morgan fingerprint density at radius 2 is 2.17 bits per heavy atom. The van der Waals surface area contributed by atoms with Gasteiger partial charge in [-0.05, 0) is 10.8 Å². The molecule has 0 nitrogen and oxygen atoms in total. The molecule has 0 radical (unpaired) electrons. The Hall–Kier alpha value is 0.816. The first-order valence-corrected chi connectivity index (χ1v) is 9.15. The molecular formula is C9H11BrMgS. The fourth-order valence-electron chi connectivity index (χ4n) is 1.17. The number of rotatable bonds is 2. The molecule has 0 aromatic carbocycles. The summed E-state index contributed by atoms with van der Waals surface area (Å²) in [4.78, 5) is 1.16. The second-order valence-electron chi connectivity index (χ2n) is 3.32. The first kappa shape index (κ1) is 10.9. The lowest BCUT2D eigenvalue weighted by atomic mass is 9.95. The molecule has 0 saturated carbocycles. The van der Waals surface area contributed by atoms with Crippen molar-refractivity contribution < 1.29 is 0 Å². The molecule has 0 heterocycles.